The number of hydrogen-bond acceptors (Lipinski definition) is 4. The van der Waals surface area contributed by atoms with Crippen molar-refractivity contribution in [3.8, 4) is 11.5 Å². The lowest BCUT2D eigenvalue weighted by molar-refractivity contribution is -0.123. The van der Waals surface area contributed by atoms with E-state index in [0.29, 0.717) is 11.4 Å². The third-order valence-electron chi connectivity index (χ3n) is 2.97. The van der Waals surface area contributed by atoms with Crippen molar-refractivity contribution in [1.82, 2.24) is 10.9 Å². The SMILES string of the molecule is C=C(NNC(=O)COc1ccc(F)cc1)c1ccc(OC)cc1. The van der Waals surface area contributed by atoms with E-state index in [1.807, 2.05) is 12.1 Å². The van der Waals surface area contributed by atoms with Gasteiger partial charge in [-0.25, -0.2) is 4.39 Å². The summed E-state index contributed by atoms with van der Waals surface area (Å²) in [6.07, 6.45) is 0. The Hall–Kier alpha value is -3.02. The maximum atomic E-state index is 12.7. The van der Waals surface area contributed by atoms with Crippen molar-refractivity contribution in [3.63, 3.8) is 0 Å². The van der Waals surface area contributed by atoms with Crippen LogP contribution in [0.15, 0.2) is 55.1 Å². The number of nitrogens with one attached hydrogen (secondary N) is 2. The Morgan fingerprint density at radius 3 is 2.26 bits per heavy atom. The highest BCUT2D eigenvalue weighted by Crippen LogP contribution is 2.15. The monoisotopic (exact) mass is 316 g/mol. The van der Waals surface area contributed by atoms with Crippen molar-refractivity contribution >= 4 is 11.6 Å². The van der Waals surface area contributed by atoms with Gasteiger partial charge in [0.1, 0.15) is 17.3 Å². The van der Waals surface area contributed by atoms with Crippen molar-refractivity contribution in [3.05, 3.63) is 66.5 Å². The zero-order chi connectivity index (χ0) is 16.7. The zero-order valence-electron chi connectivity index (χ0n) is 12.6. The highest BCUT2D eigenvalue weighted by molar-refractivity contribution is 5.78. The summed E-state index contributed by atoms with van der Waals surface area (Å²) < 4.78 is 23.0. The van der Waals surface area contributed by atoms with Gasteiger partial charge in [-0.1, -0.05) is 6.58 Å². The number of methoxy groups -OCH3 is 1. The van der Waals surface area contributed by atoms with Gasteiger partial charge in [0.25, 0.3) is 5.91 Å². The highest BCUT2D eigenvalue weighted by atomic mass is 19.1. The molecule has 23 heavy (non-hydrogen) atoms. The minimum absolute atomic E-state index is 0.200. The molecule has 0 aliphatic rings. The maximum absolute atomic E-state index is 12.7. The summed E-state index contributed by atoms with van der Waals surface area (Å²) in [5.41, 5.74) is 6.52. The fraction of sp³-hybridized carbons (Fsp3) is 0.118. The lowest BCUT2D eigenvalue weighted by Gasteiger charge is -2.12. The molecule has 0 spiro atoms. The Kier molecular flexibility index (Phi) is 5.57. The number of carbonyl (C=O) groups is 1. The summed E-state index contributed by atoms with van der Waals surface area (Å²) in [7, 11) is 1.59. The molecule has 0 unspecified atom stereocenters. The highest BCUT2D eigenvalue weighted by Gasteiger charge is 2.04. The fourth-order valence-corrected chi connectivity index (χ4v) is 1.73. The van der Waals surface area contributed by atoms with Crippen LogP contribution in [0.3, 0.4) is 0 Å². The number of halogens is 1. The van der Waals surface area contributed by atoms with E-state index < -0.39 is 0 Å². The van der Waals surface area contributed by atoms with Gasteiger partial charge in [-0.3, -0.25) is 15.6 Å². The molecular weight excluding hydrogens is 299 g/mol. The second-order valence-corrected chi connectivity index (χ2v) is 4.62. The van der Waals surface area contributed by atoms with E-state index in [0.717, 1.165) is 11.3 Å². The summed E-state index contributed by atoms with van der Waals surface area (Å²) in [5, 5.41) is 0. The third-order valence-corrected chi connectivity index (χ3v) is 2.97. The quantitative estimate of drug-likeness (QED) is 0.771. The van der Waals surface area contributed by atoms with Crippen LogP contribution in [0, 0.1) is 5.82 Å². The van der Waals surface area contributed by atoms with Gasteiger partial charge in [0.15, 0.2) is 6.61 Å². The number of hydrogen-bond donors (Lipinski definition) is 2. The summed E-state index contributed by atoms with van der Waals surface area (Å²) in [6.45, 7) is 3.63. The molecule has 0 aromatic heterocycles. The average molecular weight is 316 g/mol. The number of hydrazine groups is 1. The van der Waals surface area contributed by atoms with Gasteiger partial charge in [0.05, 0.1) is 12.8 Å². The zero-order valence-corrected chi connectivity index (χ0v) is 12.6. The van der Waals surface area contributed by atoms with Crippen LogP contribution >= 0.6 is 0 Å². The molecule has 0 saturated carbocycles. The lowest BCUT2D eigenvalue weighted by Crippen LogP contribution is -2.38. The van der Waals surface area contributed by atoms with Crippen LogP contribution in [0.2, 0.25) is 0 Å². The van der Waals surface area contributed by atoms with E-state index in [9.17, 15) is 9.18 Å². The van der Waals surface area contributed by atoms with Crippen molar-refractivity contribution in [2.75, 3.05) is 13.7 Å². The van der Waals surface area contributed by atoms with Crippen LogP contribution in [-0.2, 0) is 4.79 Å². The number of benzene rings is 2. The van der Waals surface area contributed by atoms with Crippen LogP contribution in [0.4, 0.5) is 4.39 Å². The minimum Gasteiger partial charge on any atom is -0.497 e. The van der Waals surface area contributed by atoms with E-state index in [-0.39, 0.29) is 18.3 Å². The summed E-state index contributed by atoms with van der Waals surface area (Å²) in [6, 6.07) is 12.6. The third kappa shape index (κ3) is 5.03. The Balaban J connectivity index is 1.76. The number of ether oxygens (including phenoxy) is 2. The molecule has 6 heteroatoms. The molecule has 0 atom stereocenters. The van der Waals surface area contributed by atoms with Crippen molar-refractivity contribution < 1.29 is 18.7 Å². The van der Waals surface area contributed by atoms with Gasteiger partial charge < -0.3 is 9.47 Å². The fourth-order valence-electron chi connectivity index (χ4n) is 1.73. The molecule has 0 aliphatic carbocycles. The summed E-state index contributed by atoms with van der Waals surface area (Å²) in [4.78, 5) is 11.7. The minimum atomic E-state index is -0.385. The Labute approximate surface area is 133 Å². The summed E-state index contributed by atoms with van der Waals surface area (Å²) >= 11 is 0. The first kappa shape index (κ1) is 16.4. The Morgan fingerprint density at radius 1 is 1.04 bits per heavy atom. The van der Waals surface area contributed by atoms with Crippen LogP contribution in [0.5, 0.6) is 11.5 Å². The first-order chi connectivity index (χ1) is 11.1. The second kappa shape index (κ2) is 7.84. The number of carbonyl (C=O) groups excluding carboxylic acids is 1. The molecule has 2 N–H and O–H groups in total. The normalized spacial score (nSPS) is 9.83. The van der Waals surface area contributed by atoms with Crippen molar-refractivity contribution in [1.29, 1.82) is 0 Å². The van der Waals surface area contributed by atoms with Crippen LogP contribution in [0.1, 0.15) is 5.56 Å². The molecule has 0 heterocycles. The maximum Gasteiger partial charge on any atom is 0.276 e. The molecule has 0 radical (unpaired) electrons. The molecule has 0 aliphatic heterocycles. The largest absolute Gasteiger partial charge is 0.497 e. The van der Waals surface area contributed by atoms with Gasteiger partial charge >= 0.3 is 0 Å². The first-order valence-corrected chi connectivity index (χ1v) is 6.85. The van der Waals surface area contributed by atoms with E-state index in [4.69, 9.17) is 9.47 Å². The van der Waals surface area contributed by atoms with E-state index >= 15 is 0 Å². The van der Waals surface area contributed by atoms with Gasteiger partial charge in [0.2, 0.25) is 0 Å². The van der Waals surface area contributed by atoms with E-state index in [2.05, 4.69) is 17.4 Å². The topological polar surface area (TPSA) is 59.6 Å². The van der Waals surface area contributed by atoms with Gasteiger partial charge in [-0.2, -0.15) is 0 Å². The number of amides is 1. The molecular formula is C17H17FN2O3. The molecule has 1 amide bonds. The molecule has 120 valence electrons. The molecule has 0 bridgehead atoms. The molecule has 2 rings (SSSR count). The predicted octanol–water partition coefficient (Wildman–Crippen LogP) is 2.50. The van der Waals surface area contributed by atoms with Crippen LogP contribution in [-0.4, -0.2) is 19.6 Å². The summed E-state index contributed by atoms with van der Waals surface area (Å²) in [5.74, 6) is 0.400. The second-order valence-electron chi connectivity index (χ2n) is 4.62. The lowest BCUT2D eigenvalue weighted by atomic mass is 10.2. The molecule has 5 nitrogen and oxygen atoms in total. The standard InChI is InChI=1S/C17H17FN2O3/c1-12(13-3-7-15(22-2)8-4-13)19-20-17(21)11-23-16-9-5-14(18)6-10-16/h3-10,19H,1,11H2,2H3,(H,20,21). The van der Waals surface area contributed by atoms with E-state index in [1.54, 1.807) is 19.2 Å². The predicted molar refractivity (Wildman–Crippen MR) is 85.2 cm³/mol. The molecule has 2 aromatic rings. The first-order valence-electron chi connectivity index (χ1n) is 6.85. The van der Waals surface area contributed by atoms with Crippen molar-refractivity contribution in [2.24, 2.45) is 0 Å². The van der Waals surface area contributed by atoms with Gasteiger partial charge in [-0.05, 0) is 54.1 Å². The average Bonchev–Trinajstić information content (AvgIpc) is 2.59. The van der Waals surface area contributed by atoms with Gasteiger partial charge in [-0.15, -0.1) is 0 Å². The Bertz CT molecular complexity index is 669. The number of rotatable bonds is 7. The van der Waals surface area contributed by atoms with Crippen LogP contribution < -0.4 is 20.3 Å². The van der Waals surface area contributed by atoms with Gasteiger partial charge in [0, 0.05) is 0 Å². The van der Waals surface area contributed by atoms with E-state index in [1.165, 1.54) is 24.3 Å². The molecule has 2 aromatic carbocycles. The van der Waals surface area contributed by atoms with Crippen LogP contribution in [0.25, 0.3) is 5.70 Å². The smallest absolute Gasteiger partial charge is 0.276 e. The van der Waals surface area contributed by atoms with Crippen molar-refractivity contribution in [2.45, 2.75) is 0 Å². The molecule has 0 fully saturated rings. The molecule has 0 saturated heterocycles. The Morgan fingerprint density at radius 2 is 1.65 bits per heavy atom.